The highest BCUT2D eigenvalue weighted by atomic mass is 19.3. The summed E-state index contributed by atoms with van der Waals surface area (Å²) in [5.41, 5.74) is 2.56. The van der Waals surface area contributed by atoms with E-state index >= 15 is 4.39 Å². The summed E-state index contributed by atoms with van der Waals surface area (Å²) in [6, 6.07) is 3.18. The van der Waals surface area contributed by atoms with E-state index in [4.69, 9.17) is 0 Å². The Kier molecular flexibility index (Phi) is 6.29. The number of benzene rings is 1. The van der Waals surface area contributed by atoms with Gasteiger partial charge in [-0.1, -0.05) is 6.92 Å². The molecular formula is C28H34F3N5O. The van der Waals surface area contributed by atoms with Crippen LogP contribution in [0.2, 0.25) is 0 Å². The number of hydrogen-bond acceptors (Lipinski definition) is 5. The van der Waals surface area contributed by atoms with Crippen LogP contribution in [0.5, 0.6) is 0 Å². The number of amides is 1. The number of carbonyl (C=O) groups is 1. The molecule has 2 aliphatic carbocycles. The van der Waals surface area contributed by atoms with E-state index in [1.807, 2.05) is 17.9 Å². The average molecular weight is 514 g/mol. The summed E-state index contributed by atoms with van der Waals surface area (Å²) in [6.07, 6.45) is 1.86. The monoisotopic (exact) mass is 513 g/mol. The molecule has 2 unspecified atom stereocenters. The highest BCUT2D eigenvalue weighted by Gasteiger charge is 2.43. The predicted molar refractivity (Wildman–Crippen MR) is 137 cm³/mol. The number of nitrogens with one attached hydrogen (secondary N) is 3. The molecule has 6 rings (SSSR count). The van der Waals surface area contributed by atoms with E-state index < -0.39 is 12.2 Å². The molecule has 198 valence electrons. The molecule has 1 amide bonds. The molecular weight excluding hydrogens is 479 g/mol. The average Bonchev–Trinajstić information content (AvgIpc) is 3.68. The van der Waals surface area contributed by atoms with Crippen molar-refractivity contribution in [2.45, 2.75) is 76.4 Å². The lowest BCUT2D eigenvalue weighted by atomic mass is 9.83. The topological polar surface area (TPSA) is 69.3 Å². The van der Waals surface area contributed by atoms with Gasteiger partial charge in [0, 0.05) is 55.2 Å². The number of hydrogen-bond donors (Lipinski definition) is 3. The van der Waals surface area contributed by atoms with Gasteiger partial charge in [0.2, 0.25) is 0 Å². The highest BCUT2D eigenvalue weighted by molar-refractivity contribution is 5.94. The third kappa shape index (κ3) is 4.56. The third-order valence-corrected chi connectivity index (χ3v) is 8.59. The number of aromatic nitrogens is 1. The van der Waals surface area contributed by atoms with E-state index in [0.717, 1.165) is 30.8 Å². The third-order valence-electron chi connectivity index (χ3n) is 8.59. The Morgan fingerprint density at radius 2 is 2.11 bits per heavy atom. The van der Waals surface area contributed by atoms with Gasteiger partial charge in [-0.15, -0.1) is 0 Å². The standard InChI is InChI=1S/C28H34F3N5O/c1-3-17-13-36(12-14(2)34-17)24-9-23(29)21-8-18(4-5-19(21)25(24)26(30)31)35-28(37)16-7-22-20-6-15(20)10-32-27(22)33-11-16/h7,9,11,14-15,17-18,20,26,34H,3-6,8,10,12-13H2,1-2H3,(H,32,33)(H,35,37)/t14?,15-,17?,18+,20-/m1/s1. The normalized spacial score (nSPS) is 28.2. The van der Waals surface area contributed by atoms with Crippen LogP contribution in [-0.2, 0) is 12.8 Å². The summed E-state index contributed by atoms with van der Waals surface area (Å²) in [7, 11) is 0. The Bertz CT molecular complexity index is 1220. The van der Waals surface area contributed by atoms with Gasteiger partial charge >= 0.3 is 0 Å². The number of halogens is 3. The van der Waals surface area contributed by atoms with E-state index in [-0.39, 0.29) is 36.0 Å². The second-order valence-electron chi connectivity index (χ2n) is 11.2. The lowest BCUT2D eigenvalue weighted by molar-refractivity contribution is 0.0932. The van der Waals surface area contributed by atoms with E-state index in [1.165, 1.54) is 6.07 Å². The maximum Gasteiger partial charge on any atom is 0.266 e. The maximum absolute atomic E-state index is 15.5. The fraction of sp³-hybridized carbons (Fsp3) is 0.571. The van der Waals surface area contributed by atoms with Gasteiger partial charge in [0.1, 0.15) is 11.6 Å². The molecule has 2 aliphatic heterocycles. The van der Waals surface area contributed by atoms with Crippen LogP contribution in [0.4, 0.5) is 24.7 Å². The van der Waals surface area contributed by atoms with Gasteiger partial charge in [0.25, 0.3) is 12.3 Å². The van der Waals surface area contributed by atoms with Crippen LogP contribution in [0.25, 0.3) is 0 Å². The fourth-order valence-corrected chi connectivity index (χ4v) is 6.56. The van der Waals surface area contributed by atoms with Crippen LogP contribution >= 0.6 is 0 Å². The number of pyridine rings is 1. The van der Waals surface area contributed by atoms with Gasteiger partial charge < -0.3 is 20.9 Å². The van der Waals surface area contributed by atoms with Crippen molar-refractivity contribution in [3.8, 4) is 0 Å². The molecule has 1 saturated heterocycles. The summed E-state index contributed by atoms with van der Waals surface area (Å²) in [5, 5.41) is 9.81. The zero-order chi connectivity index (χ0) is 25.8. The summed E-state index contributed by atoms with van der Waals surface area (Å²) in [5.74, 6) is 1.23. The van der Waals surface area contributed by atoms with Gasteiger partial charge in [-0.2, -0.15) is 0 Å². The summed E-state index contributed by atoms with van der Waals surface area (Å²) in [4.78, 5) is 19.4. The van der Waals surface area contributed by atoms with Crippen molar-refractivity contribution in [2.24, 2.45) is 5.92 Å². The lowest BCUT2D eigenvalue weighted by Gasteiger charge is -2.40. The van der Waals surface area contributed by atoms with Crippen molar-refractivity contribution >= 4 is 17.4 Å². The Morgan fingerprint density at radius 1 is 1.27 bits per heavy atom. The smallest absolute Gasteiger partial charge is 0.266 e. The second-order valence-corrected chi connectivity index (χ2v) is 11.2. The first-order valence-corrected chi connectivity index (χ1v) is 13.5. The van der Waals surface area contributed by atoms with E-state index in [9.17, 15) is 13.6 Å². The Morgan fingerprint density at radius 3 is 2.89 bits per heavy atom. The molecule has 0 bridgehead atoms. The van der Waals surface area contributed by atoms with Crippen molar-refractivity contribution in [1.29, 1.82) is 0 Å². The van der Waals surface area contributed by atoms with Crippen molar-refractivity contribution < 1.29 is 18.0 Å². The van der Waals surface area contributed by atoms with Crippen LogP contribution in [0.15, 0.2) is 18.3 Å². The van der Waals surface area contributed by atoms with E-state index in [2.05, 4.69) is 27.9 Å². The first-order valence-electron chi connectivity index (χ1n) is 13.5. The Balaban J connectivity index is 1.22. The zero-order valence-electron chi connectivity index (χ0n) is 21.3. The summed E-state index contributed by atoms with van der Waals surface area (Å²) in [6.45, 7) is 6.14. The van der Waals surface area contributed by atoms with Crippen molar-refractivity contribution in [1.82, 2.24) is 15.6 Å². The SMILES string of the molecule is CCC1CN(c2cc(F)c3c(c2C(F)F)CC[C@H](NC(=O)c2cnc4c(c2)[C@@H]2C[C@@H]2CN4)C3)CC(C)N1. The number of alkyl halides is 2. The molecule has 5 atom stereocenters. The predicted octanol–water partition coefficient (Wildman–Crippen LogP) is 4.55. The molecule has 6 nitrogen and oxygen atoms in total. The highest BCUT2D eigenvalue weighted by Crippen LogP contribution is 2.52. The first kappa shape index (κ1) is 24.5. The van der Waals surface area contributed by atoms with Crippen LogP contribution in [0.1, 0.15) is 78.1 Å². The van der Waals surface area contributed by atoms with Crippen molar-refractivity contribution in [3.63, 3.8) is 0 Å². The molecule has 1 aromatic heterocycles. The van der Waals surface area contributed by atoms with E-state index in [0.29, 0.717) is 60.1 Å². The van der Waals surface area contributed by atoms with Crippen molar-refractivity contribution in [3.05, 3.63) is 52.0 Å². The van der Waals surface area contributed by atoms with Crippen LogP contribution < -0.4 is 20.9 Å². The summed E-state index contributed by atoms with van der Waals surface area (Å²) < 4.78 is 44.3. The van der Waals surface area contributed by atoms with Gasteiger partial charge in [0.15, 0.2) is 0 Å². The molecule has 37 heavy (non-hydrogen) atoms. The molecule has 9 heteroatoms. The molecule has 3 N–H and O–H groups in total. The minimum absolute atomic E-state index is 0.0458. The maximum atomic E-state index is 15.5. The molecule has 1 saturated carbocycles. The van der Waals surface area contributed by atoms with Gasteiger partial charge in [-0.3, -0.25) is 4.79 Å². The molecule has 1 aromatic carbocycles. The molecule has 0 radical (unpaired) electrons. The molecule has 4 aliphatic rings. The number of rotatable bonds is 5. The van der Waals surface area contributed by atoms with Gasteiger partial charge in [-0.05, 0) is 79.7 Å². The van der Waals surface area contributed by atoms with Crippen LogP contribution in [0, 0.1) is 11.7 Å². The first-order chi connectivity index (χ1) is 17.8. The van der Waals surface area contributed by atoms with Crippen LogP contribution in [0.3, 0.4) is 0 Å². The molecule has 3 heterocycles. The molecule has 2 aromatic rings. The van der Waals surface area contributed by atoms with Gasteiger partial charge in [0.05, 0.1) is 5.56 Å². The summed E-state index contributed by atoms with van der Waals surface area (Å²) >= 11 is 0. The second kappa shape index (κ2) is 9.49. The molecule has 2 fully saturated rings. The number of anilines is 2. The number of fused-ring (bicyclic) bond motifs is 4. The zero-order valence-corrected chi connectivity index (χ0v) is 21.3. The van der Waals surface area contributed by atoms with Crippen molar-refractivity contribution in [2.75, 3.05) is 29.9 Å². The minimum Gasteiger partial charge on any atom is -0.370 e. The van der Waals surface area contributed by atoms with Crippen LogP contribution in [-0.4, -0.2) is 48.7 Å². The minimum atomic E-state index is -2.69. The van der Waals surface area contributed by atoms with Gasteiger partial charge in [-0.25, -0.2) is 18.2 Å². The van der Waals surface area contributed by atoms with E-state index in [1.54, 1.807) is 6.20 Å². The fourth-order valence-electron chi connectivity index (χ4n) is 6.56. The number of carbonyl (C=O) groups excluding carboxylic acids is 1. The Hall–Kier alpha value is -2.81. The quantitative estimate of drug-likeness (QED) is 0.547. The number of piperazine rings is 1. The number of nitrogens with zero attached hydrogens (tertiary/aromatic N) is 2. The molecule has 0 spiro atoms. The largest absolute Gasteiger partial charge is 0.370 e. The Labute approximate surface area is 215 Å². The lowest BCUT2D eigenvalue weighted by Crippen LogP contribution is -2.55.